The standard InChI is InChI=1S/C22H29N5O2S.ClH/c1-5-27-17(4)14-18(24-27)21(28)26(9-8-25-10-12-29-13-11-25)22-23-19-15(2)6-7-16(3)20(19)30-22;/h6-7,14H,5,8-13H2,1-4H3;1H. The predicted octanol–water partition coefficient (Wildman–Crippen LogP) is 3.84. The molecule has 168 valence electrons. The van der Waals surface area contributed by atoms with E-state index in [2.05, 4.69) is 36.0 Å². The molecule has 2 aromatic heterocycles. The summed E-state index contributed by atoms with van der Waals surface area (Å²) in [6.07, 6.45) is 0. The highest BCUT2D eigenvalue weighted by Crippen LogP contribution is 2.33. The summed E-state index contributed by atoms with van der Waals surface area (Å²) in [6, 6.07) is 6.08. The Hall–Kier alpha value is -2.00. The van der Waals surface area contributed by atoms with Crippen LogP contribution < -0.4 is 4.90 Å². The van der Waals surface area contributed by atoms with Gasteiger partial charge >= 0.3 is 0 Å². The Morgan fingerprint density at radius 2 is 1.90 bits per heavy atom. The molecule has 1 aliphatic heterocycles. The summed E-state index contributed by atoms with van der Waals surface area (Å²) in [5.74, 6) is -0.0899. The van der Waals surface area contributed by atoms with E-state index in [9.17, 15) is 4.79 Å². The first-order valence-electron chi connectivity index (χ1n) is 10.5. The molecule has 3 aromatic rings. The van der Waals surface area contributed by atoms with Crippen LogP contribution in [-0.4, -0.2) is 65.0 Å². The van der Waals surface area contributed by atoms with Crippen LogP contribution in [0, 0.1) is 20.8 Å². The monoisotopic (exact) mass is 463 g/mol. The van der Waals surface area contributed by atoms with Crippen molar-refractivity contribution >= 4 is 45.0 Å². The molecular weight excluding hydrogens is 434 g/mol. The van der Waals surface area contributed by atoms with E-state index in [1.165, 1.54) is 5.56 Å². The van der Waals surface area contributed by atoms with Crippen LogP contribution in [0.5, 0.6) is 0 Å². The van der Waals surface area contributed by atoms with Gasteiger partial charge in [0.25, 0.3) is 5.91 Å². The summed E-state index contributed by atoms with van der Waals surface area (Å²) in [5, 5.41) is 5.27. The number of thiazole rings is 1. The normalized spacial score (nSPS) is 14.6. The zero-order valence-electron chi connectivity index (χ0n) is 18.6. The molecule has 0 N–H and O–H groups in total. The Kier molecular flexibility index (Phi) is 7.69. The molecule has 1 aliphatic rings. The SMILES string of the molecule is CCn1nc(C(=O)N(CCN2CCOCC2)c2nc3c(C)ccc(C)c3s2)cc1C.Cl. The van der Waals surface area contributed by atoms with Crippen LogP contribution in [0.25, 0.3) is 10.2 Å². The third kappa shape index (κ3) is 4.92. The number of rotatable bonds is 6. The molecule has 9 heteroatoms. The predicted molar refractivity (Wildman–Crippen MR) is 128 cm³/mol. The van der Waals surface area contributed by atoms with Crippen LogP contribution in [0.15, 0.2) is 18.2 Å². The number of benzene rings is 1. The van der Waals surface area contributed by atoms with E-state index in [0.717, 1.165) is 66.0 Å². The molecule has 0 saturated carbocycles. The van der Waals surface area contributed by atoms with Gasteiger partial charge in [-0.2, -0.15) is 5.10 Å². The van der Waals surface area contributed by atoms with Crippen molar-refractivity contribution in [1.29, 1.82) is 0 Å². The summed E-state index contributed by atoms with van der Waals surface area (Å²) in [4.78, 5) is 22.5. The molecular formula is C22H30ClN5O2S. The number of morpholine rings is 1. The minimum atomic E-state index is -0.0899. The van der Waals surface area contributed by atoms with E-state index in [-0.39, 0.29) is 18.3 Å². The van der Waals surface area contributed by atoms with Crippen LogP contribution >= 0.6 is 23.7 Å². The fraction of sp³-hybridized carbons (Fsp3) is 0.500. The summed E-state index contributed by atoms with van der Waals surface area (Å²) in [7, 11) is 0. The van der Waals surface area contributed by atoms with E-state index in [0.29, 0.717) is 12.2 Å². The topological polar surface area (TPSA) is 63.5 Å². The fourth-order valence-electron chi connectivity index (χ4n) is 3.79. The highest BCUT2D eigenvalue weighted by atomic mass is 35.5. The van der Waals surface area contributed by atoms with E-state index in [1.807, 2.05) is 24.6 Å². The molecule has 0 spiro atoms. The number of aromatic nitrogens is 3. The maximum absolute atomic E-state index is 13.5. The highest BCUT2D eigenvalue weighted by molar-refractivity contribution is 7.22. The lowest BCUT2D eigenvalue weighted by Gasteiger charge is -2.29. The van der Waals surface area contributed by atoms with Gasteiger partial charge in [0.1, 0.15) is 0 Å². The van der Waals surface area contributed by atoms with Crippen molar-refractivity contribution in [3.05, 3.63) is 40.7 Å². The number of carbonyl (C=O) groups is 1. The molecule has 1 aromatic carbocycles. The molecule has 1 amide bonds. The Morgan fingerprint density at radius 1 is 1.19 bits per heavy atom. The number of ether oxygens (including phenoxy) is 1. The molecule has 0 bridgehead atoms. The summed E-state index contributed by atoms with van der Waals surface area (Å²) in [5.41, 5.74) is 4.76. The molecule has 4 rings (SSSR count). The van der Waals surface area contributed by atoms with Crippen LogP contribution in [0.2, 0.25) is 0 Å². The Morgan fingerprint density at radius 3 is 2.55 bits per heavy atom. The number of nitrogens with zero attached hydrogens (tertiary/aromatic N) is 5. The number of fused-ring (bicyclic) bond motifs is 1. The average molecular weight is 464 g/mol. The number of halogens is 1. The smallest absolute Gasteiger partial charge is 0.280 e. The average Bonchev–Trinajstić information content (AvgIpc) is 3.36. The van der Waals surface area contributed by atoms with Gasteiger partial charge in [0.15, 0.2) is 10.8 Å². The summed E-state index contributed by atoms with van der Waals surface area (Å²) >= 11 is 1.59. The van der Waals surface area contributed by atoms with Crippen LogP contribution in [0.3, 0.4) is 0 Å². The Bertz CT molecular complexity index is 1020. The van der Waals surface area contributed by atoms with Crippen LogP contribution in [0.1, 0.15) is 34.2 Å². The van der Waals surface area contributed by atoms with Gasteiger partial charge in [-0.15, -0.1) is 12.4 Å². The van der Waals surface area contributed by atoms with Crippen molar-refractivity contribution in [1.82, 2.24) is 19.7 Å². The minimum absolute atomic E-state index is 0. The van der Waals surface area contributed by atoms with Gasteiger partial charge in [-0.05, 0) is 44.9 Å². The molecule has 31 heavy (non-hydrogen) atoms. The quantitative estimate of drug-likeness (QED) is 0.555. The second-order valence-electron chi connectivity index (χ2n) is 7.77. The van der Waals surface area contributed by atoms with Gasteiger partial charge in [0.05, 0.1) is 23.4 Å². The first-order valence-corrected chi connectivity index (χ1v) is 11.3. The molecule has 0 aliphatic carbocycles. The first-order chi connectivity index (χ1) is 14.5. The van der Waals surface area contributed by atoms with E-state index < -0.39 is 0 Å². The maximum Gasteiger partial charge on any atom is 0.280 e. The van der Waals surface area contributed by atoms with Crippen molar-refractivity contribution in [2.45, 2.75) is 34.2 Å². The number of amides is 1. The second kappa shape index (κ2) is 10.1. The highest BCUT2D eigenvalue weighted by Gasteiger charge is 2.25. The van der Waals surface area contributed by atoms with E-state index in [1.54, 1.807) is 16.2 Å². The molecule has 0 atom stereocenters. The number of carbonyl (C=O) groups excluding carboxylic acids is 1. The van der Waals surface area contributed by atoms with Crippen molar-refractivity contribution < 1.29 is 9.53 Å². The van der Waals surface area contributed by atoms with E-state index in [4.69, 9.17) is 9.72 Å². The number of anilines is 1. The molecule has 7 nitrogen and oxygen atoms in total. The second-order valence-corrected chi connectivity index (χ2v) is 8.75. The largest absolute Gasteiger partial charge is 0.379 e. The third-order valence-electron chi connectivity index (χ3n) is 5.65. The summed E-state index contributed by atoms with van der Waals surface area (Å²) < 4.78 is 8.46. The minimum Gasteiger partial charge on any atom is -0.379 e. The van der Waals surface area contributed by atoms with Gasteiger partial charge in [-0.1, -0.05) is 23.5 Å². The zero-order chi connectivity index (χ0) is 21.3. The van der Waals surface area contributed by atoms with Gasteiger partial charge in [0, 0.05) is 38.4 Å². The molecule has 1 saturated heterocycles. The fourth-order valence-corrected chi connectivity index (χ4v) is 4.92. The van der Waals surface area contributed by atoms with Crippen molar-refractivity contribution in [2.75, 3.05) is 44.3 Å². The van der Waals surface area contributed by atoms with Crippen molar-refractivity contribution in [3.8, 4) is 0 Å². The summed E-state index contributed by atoms with van der Waals surface area (Å²) in [6.45, 7) is 13.6. The number of hydrogen-bond acceptors (Lipinski definition) is 6. The van der Waals surface area contributed by atoms with Gasteiger partial charge in [-0.3, -0.25) is 19.3 Å². The van der Waals surface area contributed by atoms with Crippen molar-refractivity contribution in [2.24, 2.45) is 0 Å². The van der Waals surface area contributed by atoms with Crippen LogP contribution in [0.4, 0.5) is 5.13 Å². The molecule has 3 heterocycles. The number of aryl methyl sites for hydroxylation is 4. The van der Waals surface area contributed by atoms with Gasteiger partial charge in [0.2, 0.25) is 0 Å². The maximum atomic E-state index is 13.5. The third-order valence-corrected chi connectivity index (χ3v) is 6.86. The lowest BCUT2D eigenvalue weighted by Crippen LogP contribution is -2.43. The Balaban J connectivity index is 0.00000272. The van der Waals surface area contributed by atoms with Gasteiger partial charge < -0.3 is 4.74 Å². The molecule has 1 fully saturated rings. The number of hydrogen-bond donors (Lipinski definition) is 0. The lowest BCUT2D eigenvalue weighted by atomic mass is 10.1. The van der Waals surface area contributed by atoms with Crippen LogP contribution in [-0.2, 0) is 11.3 Å². The molecule has 0 unspecified atom stereocenters. The van der Waals surface area contributed by atoms with E-state index >= 15 is 0 Å². The van der Waals surface area contributed by atoms with Gasteiger partial charge in [-0.25, -0.2) is 4.98 Å². The molecule has 0 radical (unpaired) electrons. The first kappa shape index (κ1) is 23.7. The zero-order valence-corrected chi connectivity index (χ0v) is 20.2. The Labute approximate surface area is 193 Å². The van der Waals surface area contributed by atoms with Crippen molar-refractivity contribution in [3.63, 3.8) is 0 Å². The lowest BCUT2D eigenvalue weighted by molar-refractivity contribution is 0.0391.